The Morgan fingerprint density at radius 3 is 2.63 bits per heavy atom. The second kappa shape index (κ2) is 15.0. The number of aromatic nitrogens is 1. The molecule has 2 aromatic heterocycles. The van der Waals surface area contributed by atoms with Crippen LogP contribution < -0.4 is 19.9 Å². The molecular weight excluding hydrogens is 685 g/mol. The first-order valence-corrected chi connectivity index (χ1v) is 19.6. The Morgan fingerprint density at radius 1 is 1.04 bits per heavy atom. The van der Waals surface area contributed by atoms with E-state index in [1.165, 1.54) is 0 Å². The van der Waals surface area contributed by atoms with Crippen molar-refractivity contribution in [1.82, 2.24) is 14.6 Å². The molecule has 0 radical (unpaired) electrons. The van der Waals surface area contributed by atoms with Gasteiger partial charge in [-0.1, -0.05) is 49.3 Å². The molecule has 0 bridgehead atoms. The van der Waals surface area contributed by atoms with Crippen molar-refractivity contribution >= 4 is 49.8 Å². The van der Waals surface area contributed by atoms with Gasteiger partial charge in [0, 0.05) is 35.8 Å². The van der Waals surface area contributed by atoms with Gasteiger partial charge in [0.1, 0.15) is 29.0 Å². The number of nitrogens with two attached hydrogens (primary N) is 1. The normalized spacial score (nSPS) is 21.5. The van der Waals surface area contributed by atoms with Gasteiger partial charge in [-0.25, -0.2) is 13.4 Å². The minimum Gasteiger partial charge on any atom is -0.497 e. The molecule has 3 fully saturated rings. The van der Waals surface area contributed by atoms with Crippen molar-refractivity contribution in [2.75, 3.05) is 13.7 Å². The number of carbonyl (C=O) groups is 3. The van der Waals surface area contributed by atoms with E-state index < -0.39 is 33.3 Å². The minimum atomic E-state index is -3.50. The number of methoxy groups -OCH3 is 1. The summed E-state index contributed by atoms with van der Waals surface area (Å²) < 4.78 is 44.4. The van der Waals surface area contributed by atoms with E-state index in [0.717, 1.165) is 36.6 Å². The standard InChI is InChI=1S/C39H44N4O8S/c1-49-26-13-10-12-25(19-26)31-22-34(37-36(41-31)29-14-8-9-15-33(29)51-37)50-27-21-32(38(40)45)43(23-27)35(44)16-7-5-3-2-4-6-11-24-20-30(24)39(46)42-52(47,48)28-17-18-28/h6,8-15,19,22,24,27-28,30,32H,2-5,7,16-18,20-21,23H2,1H3,(H2,40,45)(H,42,46)/b11-6-/t24-,27-,30+,32+/m1/s1. The summed E-state index contributed by atoms with van der Waals surface area (Å²) in [7, 11) is -1.89. The van der Waals surface area contributed by atoms with E-state index in [4.69, 9.17) is 24.6 Å². The molecule has 4 aromatic rings. The molecule has 274 valence electrons. The van der Waals surface area contributed by atoms with E-state index in [0.29, 0.717) is 66.0 Å². The average Bonchev–Trinajstić information content (AvgIpc) is 4.06. The van der Waals surface area contributed by atoms with Gasteiger partial charge in [0.2, 0.25) is 27.7 Å². The summed E-state index contributed by atoms with van der Waals surface area (Å²) in [5, 5.41) is 0.444. The molecule has 3 amide bonds. The van der Waals surface area contributed by atoms with Crippen molar-refractivity contribution in [2.24, 2.45) is 17.6 Å². The van der Waals surface area contributed by atoms with Gasteiger partial charge in [0.05, 0.1) is 24.6 Å². The molecule has 52 heavy (non-hydrogen) atoms. The first-order chi connectivity index (χ1) is 25.1. The van der Waals surface area contributed by atoms with Gasteiger partial charge in [0.25, 0.3) is 0 Å². The van der Waals surface area contributed by atoms with Crippen molar-refractivity contribution in [3.8, 4) is 22.8 Å². The van der Waals surface area contributed by atoms with Gasteiger partial charge < -0.3 is 24.5 Å². The number of pyridine rings is 1. The average molecular weight is 729 g/mol. The number of sulfonamides is 1. The van der Waals surface area contributed by atoms with Crippen LogP contribution in [0.15, 0.2) is 71.2 Å². The molecule has 12 nitrogen and oxygen atoms in total. The Morgan fingerprint density at radius 2 is 1.85 bits per heavy atom. The summed E-state index contributed by atoms with van der Waals surface area (Å²) in [4.78, 5) is 44.6. The summed E-state index contributed by atoms with van der Waals surface area (Å²) in [6, 6.07) is 16.3. The van der Waals surface area contributed by atoms with Crippen LogP contribution >= 0.6 is 0 Å². The zero-order valence-corrected chi connectivity index (χ0v) is 30.0. The number of allylic oxidation sites excluding steroid dienone is 2. The number of unbranched alkanes of at least 4 members (excludes halogenated alkanes) is 4. The maximum Gasteiger partial charge on any atom is 0.240 e. The van der Waals surface area contributed by atoms with Crippen LogP contribution in [0.3, 0.4) is 0 Å². The SMILES string of the molecule is COc1cccc(-c2cc(O[C@@H]3C[C@@H](C(N)=O)N(C(=O)CCCCCC/C=C\[C@@H]4C[C@@H]4C(=O)NS(=O)(=O)C4CC4)C3)c3oc4ccccc4c3n2)c1. The lowest BCUT2D eigenvalue weighted by Crippen LogP contribution is -2.43. The number of rotatable bonds is 16. The number of amides is 3. The lowest BCUT2D eigenvalue weighted by Gasteiger charge is -2.22. The van der Waals surface area contributed by atoms with Gasteiger partial charge in [-0.3, -0.25) is 19.1 Å². The second-order valence-corrected chi connectivity index (χ2v) is 16.0. The Kier molecular flexibility index (Phi) is 10.2. The van der Waals surface area contributed by atoms with Crippen LogP contribution in [0.4, 0.5) is 0 Å². The summed E-state index contributed by atoms with van der Waals surface area (Å²) in [5.41, 5.74) is 9.10. The number of primary amides is 1. The summed E-state index contributed by atoms with van der Waals surface area (Å²) in [5.74, 6) is -0.0815. The quantitative estimate of drug-likeness (QED) is 0.110. The summed E-state index contributed by atoms with van der Waals surface area (Å²) >= 11 is 0. The van der Waals surface area contributed by atoms with Gasteiger partial charge >= 0.3 is 0 Å². The molecule has 1 saturated heterocycles. The zero-order chi connectivity index (χ0) is 36.4. The number of para-hydroxylation sites is 1. The third-order valence-corrected chi connectivity index (χ3v) is 12.0. The number of nitrogens with one attached hydrogen (secondary N) is 1. The zero-order valence-electron chi connectivity index (χ0n) is 29.2. The summed E-state index contributed by atoms with van der Waals surface area (Å²) in [6.45, 7) is 0.225. The highest BCUT2D eigenvalue weighted by molar-refractivity contribution is 7.90. The first kappa shape index (κ1) is 35.5. The Bertz CT molecular complexity index is 2120. The minimum absolute atomic E-state index is 0.0943. The predicted molar refractivity (Wildman–Crippen MR) is 196 cm³/mol. The fraction of sp³-hybridized carbons (Fsp3) is 0.436. The molecule has 1 aliphatic heterocycles. The number of carbonyl (C=O) groups excluding carboxylic acids is 3. The molecule has 2 aromatic carbocycles. The smallest absolute Gasteiger partial charge is 0.240 e. The van der Waals surface area contributed by atoms with E-state index in [1.54, 1.807) is 12.0 Å². The number of furan rings is 1. The van der Waals surface area contributed by atoms with E-state index >= 15 is 0 Å². The van der Waals surface area contributed by atoms with E-state index in [1.807, 2.05) is 60.7 Å². The van der Waals surface area contributed by atoms with Gasteiger partial charge in [-0.05, 0) is 68.7 Å². The van der Waals surface area contributed by atoms with Gasteiger partial charge in [-0.2, -0.15) is 0 Å². The fourth-order valence-corrected chi connectivity index (χ4v) is 8.35. The van der Waals surface area contributed by atoms with Crippen LogP contribution in [0.1, 0.15) is 64.2 Å². The molecule has 0 unspecified atom stereocenters. The van der Waals surface area contributed by atoms with E-state index in [2.05, 4.69) is 10.8 Å². The maximum absolute atomic E-state index is 13.4. The van der Waals surface area contributed by atoms with Crippen molar-refractivity contribution in [3.63, 3.8) is 0 Å². The maximum atomic E-state index is 13.4. The number of likely N-dealkylation sites (tertiary alicyclic amines) is 1. The van der Waals surface area contributed by atoms with Crippen molar-refractivity contribution in [2.45, 2.75) is 81.6 Å². The largest absolute Gasteiger partial charge is 0.497 e. The molecule has 13 heteroatoms. The van der Waals surface area contributed by atoms with Crippen LogP contribution in [0.25, 0.3) is 33.3 Å². The van der Waals surface area contributed by atoms with Crippen molar-refractivity contribution in [1.29, 1.82) is 0 Å². The van der Waals surface area contributed by atoms with Crippen LogP contribution in [0.5, 0.6) is 11.5 Å². The van der Waals surface area contributed by atoms with Crippen molar-refractivity contribution < 1.29 is 36.7 Å². The Labute approximate surface area is 302 Å². The van der Waals surface area contributed by atoms with Crippen LogP contribution in [0.2, 0.25) is 0 Å². The topological polar surface area (TPSA) is 171 Å². The lowest BCUT2D eigenvalue weighted by atomic mass is 10.1. The predicted octanol–water partition coefficient (Wildman–Crippen LogP) is 5.63. The van der Waals surface area contributed by atoms with E-state index in [-0.39, 0.29) is 36.6 Å². The molecule has 4 atom stereocenters. The Hall–Kier alpha value is -4.91. The van der Waals surface area contributed by atoms with Gasteiger partial charge in [-0.15, -0.1) is 0 Å². The molecule has 0 spiro atoms. The van der Waals surface area contributed by atoms with E-state index in [9.17, 15) is 22.8 Å². The number of hydrogen-bond acceptors (Lipinski definition) is 9. The third-order valence-electron chi connectivity index (χ3n) is 10.1. The van der Waals surface area contributed by atoms with Crippen LogP contribution in [0, 0.1) is 11.8 Å². The summed E-state index contributed by atoms with van der Waals surface area (Å²) in [6.07, 6.45) is 10.4. The molecule has 3 aliphatic rings. The molecule has 3 heterocycles. The molecule has 7 rings (SSSR count). The monoisotopic (exact) mass is 728 g/mol. The highest BCUT2D eigenvalue weighted by atomic mass is 32.2. The number of fused-ring (bicyclic) bond motifs is 3. The number of ether oxygens (including phenoxy) is 2. The Balaban J connectivity index is 0.915. The first-order valence-electron chi connectivity index (χ1n) is 18.1. The molecular formula is C39H44N4O8S. The third kappa shape index (κ3) is 7.94. The second-order valence-electron chi connectivity index (χ2n) is 14.1. The van der Waals surface area contributed by atoms with Crippen LogP contribution in [-0.2, 0) is 24.4 Å². The fourth-order valence-electron chi connectivity index (χ4n) is 6.99. The molecule has 2 saturated carbocycles. The van der Waals surface area contributed by atoms with Crippen molar-refractivity contribution in [3.05, 3.63) is 66.7 Å². The number of benzene rings is 2. The number of hydrogen-bond donors (Lipinski definition) is 2. The van der Waals surface area contributed by atoms with Gasteiger partial charge in [0.15, 0.2) is 11.3 Å². The lowest BCUT2D eigenvalue weighted by molar-refractivity contribution is -0.137. The van der Waals surface area contributed by atoms with Crippen LogP contribution in [-0.4, -0.2) is 67.1 Å². The highest BCUT2D eigenvalue weighted by Crippen LogP contribution is 2.41. The highest BCUT2D eigenvalue weighted by Gasteiger charge is 2.45. The molecule has 3 N–H and O–H groups in total. The molecule has 2 aliphatic carbocycles. The number of nitrogens with zero attached hydrogens (tertiary/aromatic N) is 2.